The molecule has 0 saturated heterocycles. The zero-order chi connectivity index (χ0) is 17.4. The largest absolute Gasteiger partial charge is 0.486 e. The zero-order valence-corrected chi connectivity index (χ0v) is 14.7. The number of hydrogen-bond acceptors (Lipinski definition) is 5. The van der Waals surface area contributed by atoms with Crippen LogP contribution in [0.25, 0.3) is 0 Å². The molecule has 0 unspecified atom stereocenters. The molecule has 0 atom stereocenters. The van der Waals surface area contributed by atoms with Crippen LogP contribution in [0, 0.1) is 0 Å². The summed E-state index contributed by atoms with van der Waals surface area (Å²) in [5.74, 6) is 0.867. The monoisotopic (exact) mass is 368 g/mol. The van der Waals surface area contributed by atoms with Gasteiger partial charge >= 0.3 is 0 Å². The molecule has 0 aliphatic rings. The van der Waals surface area contributed by atoms with Crippen LogP contribution in [0.5, 0.6) is 5.75 Å². The Labute approximate surface area is 150 Å². The molecule has 2 rings (SSSR count). The van der Waals surface area contributed by atoms with Crippen molar-refractivity contribution in [3.8, 4) is 5.75 Å². The van der Waals surface area contributed by atoms with Gasteiger partial charge in [0.25, 0.3) is 0 Å². The maximum atomic E-state index is 11.6. The van der Waals surface area contributed by atoms with Crippen molar-refractivity contribution in [2.75, 3.05) is 18.4 Å². The number of aromatic nitrogens is 2. The second-order valence-electron chi connectivity index (χ2n) is 4.96. The number of nitrogens with zero attached hydrogens (tertiary/aromatic N) is 2. The summed E-state index contributed by atoms with van der Waals surface area (Å²) in [7, 11) is 0. The Kier molecular flexibility index (Phi) is 7.08. The number of nitrogens with one attached hydrogen (secondary N) is 2. The van der Waals surface area contributed by atoms with Gasteiger partial charge in [0.2, 0.25) is 5.91 Å². The van der Waals surface area contributed by atoms with Crippen molar-refractivity contribution >= 4 is 34.9 Å². The molecule has 2 N–H and O–H groups in total. The summed E-state index contributed by atoms with van der Waals surface area (Å²) >= 11 is 11.9. The predicted octanol–water partition coefficient (Wildman–Crippen LogP) is 3.30. The van der Waals surface area contributed by atoms with Crippen LogP contribution in [0.1, 0.15) is 19.0 Å². The molecule has 2 heterocycles. The fourth-order valence-electron chi connectivity index (χ4n) is 1.77. The molecular weight excluding hydrogens is 351 g/mol. The average molecular weight is 369 g/mol. The number of amides is 1. The van der Waals surface area contributed by atoms with Crippen LogP contribution in [0.3, 0.4) is 0 Å². The summed E-state index contributed by atoms with van der Waals surface area (Å²) in [5.41, 5.74) is 0.723. The molecule has 0 bridgehead atoms. The van der Waals surface area contributed by atoms with E-state index in [4.69, 9.17) is 27.9 Å². The number of carbonyl (C=O) groups is 1. The summed E-state index contributed by atoms with van der Waals surface area (Å²) in [6, 6.07) is 5.16. The molecule has 6 nitrogen and oxygen atoms in total. The second kappa shape index (κ2) is 9.30. The number of hydrogen-bond donors (Lipinski definition) is 2. The Morgan fingerprint density at radius 2 is 2.08 bits per heavy atom. The fraction of sp³-hybridized carbons (Fsp3) is 0.312. The number of pyridine rings is 2. The zero-order valence-electron chi connectivity index (χ0n) is 13.2. The summed E-state index contributed by atoms with van der Waals surface area (Å²) in [6.45, 7) is 3.02. The maximum Gasteiger partial charge on any atom is 0.239 e. The van der Waals surface area contributed by atoms with E-state index < -0.39 is 0 Å². The van der Waals surface area contributed by atoms with Crippen LogP contribution < -0.4 is 15.4 Å². The third-order valence-corrected chi connectivity index (χ3v) is 3.49. The highest BCUT2D eigenvalue weighted by Gasteiger charge is 2.07. The molecule has 0 radical (unpaired) electrons. The highest BCUT2D eigenvalue weighted by atomic mass is 35.5. The molecular formula is C16H18Cl2N4O2. The molecule has 0 aliphatic heterocycles. The van der Waals surface area contributed by atoms with Gasteiger partial charge in [-0.2, -0.15) is 0 Å². The normalized spacial score (nSPS) is 10.3. The predicted molar refractivity (Wildman–Crippen MR) is 94.6 cm³/mol. The molecule has 128 valence electrons. The fourth-order valence-corrected chi connectivity index (χ4v) is 2.04. The van der Waals surface area contributed by atoms with E-state index in [9.17, 15) is 4.79 Å². The SMILES string of the molecule is CCCNC(=O)CNc1cc(OCc2ccc(Cl)cn2)c(Cl)cn1. The van der Waals surface area contributed by atoms with Gasteiger partial charge in [0, 0.05) is 18.8 Å². The summed E-state index contributed by atoms with van der Waals surface area (Å²) in [4.78, 5) is 19.9. The van der Waals surface area contributed by atoms with Crippen molar-refractivity contribution in [2.24, 2.45) is 0 Å². The quantitative estimate of drug-likeness (QED) is 0.747. The first-order valence-electron chi connectivity index (χ1n) is 7.48. The van der Waals surface area contributed by atoms with Gasteiger partial charge in [-0.15, -0.1) is 0 Å². The number of carbonyl (C=O) groups excluding carboxylic acids is 1. The second-order valence-corrected chi connectivity index (χ2v) is 5.80. The van der Waals surface area contributed by atoms with E-state index >= 15 is 0 Å². The molecule has 2 aromatic rings. The van der Waals surface area contributed by atoms with Crippen molar-refractivity contribution in [3.63, 3.8) is 0 Å². The van der Waals surface area contributed by atoms with Crippen molar-refractivity contribution in [1.29, 1.82) is 0 Å². The molecule has 2 aromatic heterocycles. The first-order valence-corrected chi connectivity index (χ1v) is 8.23. The van der Waals surface area contributed by atoms with Gasteiger partial charge in [-0.05, 0) is 18.6 Å². The summed E-state index contributed by atoms with van der Waals surface area (Å²) < 4.78 is 5.66. The molecule has 24 heavy (non-hydrogen) atoms. The van der Waals surface area contributed by atoms with Crippen LogP contribution in [-0.2, 0) is 11.4 Å². The smallest absolute Gasteiger partial charge is 0.239 e. The Balaban J connectivity index is 1.92. The minimum atomic E-state index is -0.0959. The van der Waals surface area contributed by atoms with Crippen molar-refractivity contribution in [1.82, 2.24) is 15.3 Å². The minimum absolute atomic E-state index is 0.0959. The molecule has 0 fully saturated rings. The van der Waals surface area contributed by atoms with Crippen LogP contribution >= 0.6 is 23.2 Å². The van der Waals surface area contributed by atoms with Gasteiger partial charge in [0.05, 0.1) is 23.5 Å². The van der Waals surface area contributed by atoms with E-state index in [-0.39, 0.29) is 19.1 Å². The minimum Gasteiger partial charge on any atom is -0.486 e. The molecule has 1 amide bonds. The lowest BCUT2D eigenvalue weighted by Gasteiger charge is -2.10. The lowest BCUT2D eigenvalue weighted by molar-refractivity contribution is -0.119. The van der Waals surface area contributed by atoms with E-state index in [1.807, 2.05) is 6.92 Å². The van der Waals surface area contributed by atoms with E-state index in [1.54, 1.807) is 24.4 Å². The third-order valence-electron chi connectivity index (χ3n) is 2.99. The lowest BCUT2D eigenvalue weighted by Crippen LogP contribution is -2.30. The number of ether oxygens (including phenoxy) is 1. The van der Waals surface area contributed by atoms with Gasteiger partial charge in [0.1, 0.15) is 23.2 Å². The Morgan fingerprint density at radius 1 is 1.25 bits per heavy atom. The Morgan fingerprint density at radius 3 is 2.79 bits per heavy atom. The molecule has 0 aliphatic carbocycles. The van der Waals surface area contributed by atoms with Crippen molar-refractivity contribution < 1.29 is 9.53 Å². The number of halogens is 2. The van der Waals surface area contributed by atoms with E-state index in [0.29, 0.717) is 28.2 Å². The van der Waals surface area contributed by atoms with Crippen LogP contribution in [-0.4, -0.2) is 29.0 Å². The maximum absolute atomic E-state index is 11.6. The third kappa shape index (κ3) is 5.86. The average Bonchev–Trinajstić information content (AvgIpc) is 2.59. The Hall–Kier alpha value is -2.05. The number of anilines is 1. The highest BCUT2D eigenvalue weighted by Crippen LogP contribution is 2.26. The van der Waals surface area contributed by atoms with Gasteiger partial charge in [-0.3, -0.25) is 9.78 Å². The topological polar surface area (TPSA) is 76.1 Å². The lowest BCUT2D eigenvalue weighted by atomic mass is 10.3. The summed E-state index contributed by atoms with van der Waals surface area (Å²) in [5, 5.41) is 6.65. The van der Waals surface area contributed by atoms with Gasteiger partial charge in [0.15, 0.2) is 0 Å². The molecule has 0 saturated carbocycles. The van der Waals surface area contributed by atoms with Crippen molar-refractivity contribution in [3.05, 3.63) is 46.3 Å². The number of rotatable bonds is 8. The molecule has 8 heteroatoms. The van der Waals surface area contributed by atoms with E-state index in [0.717, 1.165) is 12.1 Å². The van der Waals surface area contributed by atoms with Crippen LogP contribution in [0.4, 0.5) is 5.82 Å². The van der Waals surface area contributed by atoms with Crippen LogP contribution in [0.15, 0.2) is 30.6 Å². The highest BCUT2D eigenvalue weighted by molar-refractivity contribution is 6.32. The molecule has 0 aromatic carbocycles. The van der Waals surface area contributed by atoms with Crippen LogP contribution in [0.2, 0.25) is 10.0 Å². The molecule has 0 spiro atoms. The standard InChI is InChI=1S/C16H18Cl2N4O2/c1-2-5-19-16(23)9-22-15-6-14(13(18)8-21-15)24-10-12-4-3-11(17)7-20-12/h3-4,6-8H,2,5,9-10H2,1H3,(H,19,23)(H,21,22). The van der Waals surface area contributed by atoms with Gasteiger partial charge in [-0.25, -0.2) is 4.98 Å². The summed E-state index contributed by atoms with van der Waals surface area (Å²) in [6.07, 6.45) is 3.91. The van der Waals surface area contributed by atoms with Gasteiger partial charge < -0.3 is 15.4 Å². The first-order chi connectivity index (χ1) is 11.6. The Bertz CT molecular complexity index is 680. The van der Waals surface area contributed by atoms with Crippen molar-refractivity contribution in [2.45, 2.75) is 20.0 Å². The van der Waals surface area contributed by atoms with Gasteiger partial charge in [-0.1, -0.05) is 30.1 Å². The van der Waals surface area contributed by atoms with E-state index in [2.05, 4.69) is 20.6 Å². The first kappa shape index (κ1) is 18.3. The van der Waals surface area contributed by atoms with E-state index in [1.165, 1.54) is 6.20 Å².